The average molecular weight is 471 g/mol. The van der Waals surface area contributed by atoms with Gasteiger partial charge in [-0.05, 0) is 35.3 Å². The lowest BCUT2D eigenvalue weighted by molar-refractivity contribution is 0.0745. The Balaban J connectivity index is 1.43. The first kappa shape index (κ1) is 24.1. The molecule has 2 heterocycles. The minimum atomic E-state index is 0.0172. The van der Waals surface area contributed by atoms with Crippen molar-refractivity contribution >= 4 is 23.9 Å². The molecule has 1 saturated heterocycles. The molecule has 35 heavy (non-hydrogen) atoms. The zero-order valence-corrected chi connectivity index (χ0v) is 20.6. The number of hydrogen-bond acceptors (Lipinski definition) is 6. The monoisotopic (exact) mass is 470 g/mol. The molecule has 0 atom stereocenters. The number of ether oxygens (including phenoxy) is 1. The number of hydrogen-bond donors (Lipinski definition) is 0. The lowest BCUT2D eigenvalue weighted by atomic mass is 9.86. The lowest BCUT2D eigenvalue weighted by Gasteiger charge is -2.34. The number of aromatic nitrogens is 1. The highest BCUT2D eigenvalue weighted by Crippen LogP contribution is 2.26. The van der Waals surface area contributed by atoms with Crippen LogP contribution in [0.1, 0.15) is 53.8 Å². The van der Waals surface area contributed by atoms with Crippen LogP contribution in [0.5, 0.6) is 5.75 Å². The van der Waals surface area contributed by atoms with Crippen molar-refractivity contribution in [1.29, 1.82) is 5.26 Å². The number of benzene rings is 2. The Morgan fingerprint density at radius 2 is 1.74 bits per heavy atom. The Kier molecular flexibility index (Phi) is 6.92. The third-order valence-corrected chi connectivity index (χ3v) is 6.13. The Morgan fingerprint density at radius 1 is 1.06 bits per heavy atom. The second-order valence-corrected chi connectivity index (χ2v) is 9.50. The number of amides is 1. The Hall–Kier alpha value is -4.05. The van der Waals surface area contributed by atoms with Crippen LogP contribution in [0.25, 0.3) is 12.2 Å². The van der Waals surface area contributed by atoms with Crippen LogP contribution in [0.4, 0.5) is 5.88 Å². The summed E-state index contributed by atoms with van der Waals surface area (Å²) < 4.78 is 11.3. The van der Waals surface area contributed by atoms with Crippen molar-refractivity contribution in [2.24, 2.45) is 0 Å². The predicted molar refractivity (Wildman–Crippen MR) is 136 cm³/mol. The van der Waals surface area contributed by atoms with Crippen LogP contribution in [-0.2, 0) is 5.41 Å². The maximum atomic E-state index is 13.0. The molecular weight excluding hydrogens is 440 g/mol. The van der Waals surface area contributed by atoms with Gasteiger partial charge in [0.25, 0.3) is 5.91 Å². The van der Waals surface area contributed by atoms with Crippen LogP contribution in [0, 0.1) is 11.3 Å². The number of rotatable bonds is 5. The Bertz CT molecular complexity index is 1250. The van der Waals surface area contributed by atoms with Crippen molar-refractivity contribution in [3.63, 3.8) is 0 Å². The first-order valence-corrected chi connectivity index (χ1v) is 11.7. The van der Waals surface area contributed by atoms with Crippen molar-refractivity contribution in [3.05, 3.63) is 76.8 Å². The Morgan fingerprint density at radius 3 is 2.37 bits per heavy atom. The SMILES string of the molecule is COc1ccccc1/C=C/c1nc(C#N)c(N2CCN(C(=O)c3ccc(C(C)(C)C)cc3)CC2)o1. The zero-order valence-electron chi connectivity index (χ0n) is 20.6. The molecule has 0 radical (unpaired) electrons. The van der Waals surface area contributed by atoms with E-state index in [-0.39, 0.29) is 17.0 Å². The molecule has 1 aromatic heterocycles. The maximum absolute atomic E-state index is 13.0. The molecule has 0 saturated carbocycles. The topological polar surface area (TPSA) is 82.6 Å². The van der Waals surface area contributed by atoms with E-state index in [2.05, 4.69) is 31.8 Å². The largest absolute Gasteiger partial charge is 0.496 e. The fourth-order valence-electron chi connectivity index (χ4n) is 4.06. The van der Waals surface area contributed by atoms with Crippen LogP contribution in [0.2, 0.25) is 0 Å². The van der Waals surface area contributed by atoms with Crippen LogP contribution in [0.15, 0.2) is 52.9 Å². The number of carbonyl (C=O) groups excluding carboxylic acids is 1. The van der Waals surface area contributed by atoms with Gasteiger partial charge in [-0.2, -0.15) is 10.2 Å². The number of oxazole rings is 1. The van der Waals surface area contributed by atoms with Gasteiger partial charge in [-0.1, -0.05) is 51.1 Å². The summed E-state index contributed by atoms with van der Waals surface area (Å²) in [6.45, 7) is 8.66. The molecule has 0 aliphatic carbocycles. The number of para-hydroxylation sites is 1. The average Bonchev–Trinajstić information content (AvgIpc) is 3.30. The highest BCUT2D eigenvalue weighted by molar-refractivity contribution is 5.94. The Labute approximate surface area is 206 Å². The van der Waals surface area contributed by atoms with Gasteiger partial charge in [-0.25, -0.2) is 0 Å². The van der Waals surface area contributed by atoms with Gasteiger partial charge < -0.3 is 19.0 Å². The molecule has 0 bridgehead atoms. The highest BCUT2D eigenvalue weighted by Gasteiger charge is 2.27. The summed E-state index contributed by atoms with van der Waals surface area (Å²) in [7, 11) is 1.62. The third-order valence-electron chi connectivity index (χ3n) is 6.13. The first-order chi connectivity index (χ1) is 16.8. The molecule has 1 amide bonds. The summed E-state index contributed by atoms with van der Waals surface area (Å²) in [5.74, 6) is 1.54. The fraction of sp³-hybridized carbons (Fsp3) is 0.321. The third kappa shape index (κ3) is 5.38. The highest BCUT2D eigenvalue weighted by atomic mass is 16.5. The second-order valence-electron chi connectivity index (χ2n) is 9.50. The van der Waals surface area contributed by atoms with E-state index in [0.717, 1.165) is 11.3 Å². The minimum Gasteiger partial charge on any atom is -0.496 e. The fourth-order valence-corrected chi connectivity index (χ4v) is 4.06. The van der Waals surface area contributed by atoms with Crippen LogP contribution >= 0.6 is 0 Å². The molecule has 1 aliphatic heterocycles. The van der Waals surface area contributed by atoms with Gasteiger partial charge in [0.2, 0.25) is 17.5 Å². The number of methoxy groups -OCH3 is 1. The van der Waals surface area contributed by atoms with E-state index in [1.165, 1.54) is 5.56 Å². The zero-order chi connectivity index (χ0) is 25.0. The molecule has 1 aliphatic rings. The van der Waals surface area contributed by atoms with Gasteiger partial charge in [0.05, 0.1) is 7.11 Å². The molecule has 7 heteroatoms. The molecule has 7 nitrogen and oxygen atoms in total. The van der Waals surface area contributed by atoms with E-state index in [0.29, 0.717) is 43.5 Å². The van der Waals surface area contributed by atoms with Gasteiger partial charge in [-0.15, -0.1) is 0 Å². The van der Waals surface area contributed by atoms with E-state index < -0.39 is 0 Å². The number of nitriles is 1. The van der Waals surface area contributed by atoms with E-state index >= 15 is 0 Å². The molecule has 3 aromatic rings. The van der Waals surface area contributed by atoms with E-state index in [1.54, 1.807) is 13.2 Å². The van der Waals surface area contributed by atoms with Crippen LogP contribution in [0.3, 0.4) is 0 Å². The lowest BCUT2D eigenvalue weighted by Crippen LogP contribution is -2.48. The molecule has 1 fully saturated rings. The molecule has 4 rings (SSSR count). The maximum Gasteiger partial charge on any atom is 0.253 e. The molecule has 0 N–H and O–H groups in total. The van der Waals surface area contributed by atoms with Gasteiger partial charge in [0.1, 0.15) is 11.8 Å². The normalized spacial score (nSPS) is 14.3. The van der Waals surface area contributed by atoms with Crippen molar-refractivity contribution in [1.82, 2.24) is 9.88 Å². The summed E-state index contributed by atoms with van der Waals surface area (Å²) in [4.78, 5) is 21.1. The van der Waals surface area contributed by atoms with Crippen molar-refractivity contribution < 1.29 is 13.9 Å². The van der Waals surface area contributed by atoms with Crippen molar-refractivity contribution in [2.45, 2.75) is 26.2 Å². The van der Waals surface area contributed by atoms with Crippen LogP contribution in [-0.4, -0.2) is 49.1 Å². The summed E-state index contributed by atoms with van der Waals surface area (Å²) in [5.41, 5.74) is 3.05. The van der Waals surface area contributed by atoms with Gasteiger partial charge in [0.15, 0.2) is 0 Å². The van der Waals surface area contributed by atoms with Crippen molar-refractivity contribution in [3.8, 4) is 11.8 Å². The van der Waals surface area contributed by atoms with Crippen LogP contribution < -0.4 is 9.64 Å². The molecule has 180 valence electrons. The minimum absolute atomic E-state index is 0.0172. The number of piperazine rings is 1. The number of anilines is 1. The standard InChI is InChI=1S/C28H30N4O3/c1-28(2,3)22-12-9-21(10-13-22)26(33)31-15-17-32(18-16-31)27-23(19-29)30-25(35-27)14-11-20-7-5-6-8-24(20)34-4/h5-14H,15-18H2,1-4H3/b14-11+. The molecule has 0 spiro atoms. The van der Waals surface area contributed by atoms with Gasteiger partial charge >= 0.3 is 0 Å². The summed E-state index contributed by atoms with van der Waals surface area (Å²) >= 11 is 0. The quantitative estimate of drug-likeness (QED) is 0.523. The molecule has 0 unspecified atom stereocenters. The molecular formula is C28H30N4O3. The van der Waals surface area contributed by atoms with E-state index in [1.807, 2.05) is 64.4 Å². The summed E-state index contributed by atoms with van der Waals surface area (Å²) in [5, 5.41) is 9.59. The first-order valence-electron chi connectivity index (χ1n) is 11.7. The van der Waals surface area contributed by atoms with Crippen molar-refractivity contribution in [2.75, 3.05) is 38.2 Å². The number of carbonyl (C=O) groups is 1. The molecule has 2 aromatic carbocycles. The summed E-state index contributed by atoms with van der Waals surface area (Å²) in [6.07, 6.45) is 3.57. The second kappa shape index (κ2) is 10.1. The van der Waals surface area contributed by atoms with E-state index in [4.69, 9.17) is 9.15 Å². The number of nitrogens with zero attached hydrogens (tertiary/aromatic N) is 4. The summed E-state index contributed by atoms with van der Waals surface area (Å²) in [6, 6.07) is 17.6. The predicted octanol–water partition coefficient (Wildman–Crippen LogP) is 4.99. The van der Waals surface area contributed by atoms with Gasteiger partial charge in [0, 0.05) is 43.4 Å². The van der Waals surface area contributed by atoms with Gasteiger partial charge in [-0.3, -0.25) is 4.79 Å². The van der Waals surface area contributed by atoms with E-state index in [9.17, 15) is 10.1 Å². The smallest absolute Gasteiger partial charge is 0.253 e.